The Labute approximate surface area is 115 Å². The monoisotopic (exact) mass is 267 g/mol. The van der Waals surface area contributed by atoms with Gasteiger partial charge in [-0.05, 0) is 18.9 Å². The minimum atomic E-state index is -0.661. The number of rotatable bonds is 7. The van der Waals surface area contributed by atoms with E-state index in [2.05, 4.69) is 18.7 Å². The molecule has 1 rings (SSSR count). The van der Waals surface area contributed by atoms with Crippen molar-refractivity contribution in [1.82, 2.24) is 0 Å². The molecule has 19 heavy (non-hydrogen) atoms. The van der Waals surface area contributed by atoms with E-state index >= 15 is 0 Å². The molecule has 0 aliphatic heterocycles. The van der Waals surface area contributed by atoms with Gasteiger partial charge in [0.25, 0.3) is 0 Å². The van der Waals surface area contributed by atoms with Gasteiger partial charge in [-0.2, -0.15) is 0 Å². The van der Waals surface area contributed by atoms with Gasteiger partial charge in [0.2, 0.25) is 0 Å². The molecule has 1 unspecified atom stereocenters. The number of nitrogens with zero attached hydrogens (tertiary/aromatic N) is 1. The maximum absolute atomic E-state index is 9.95. The molecular formula is C15H25NO3. The summed E-state index contributed by atoms with van der Waals surface area (Å²) in [6.07, 6.45) is -0.661. The molecule has 0 aromatic heterocycles. The fourth-order valence-electron chi connectivity index (χ4n) is 2.05. The number of phenols is 1. The SMILES string of the molecule is COCCN(CC(C)C)c1ccc(C(C)O)c(O)c1. The number of phenolic OH excluding ortho intramolecular Hbond substituents is 1. The summed E-state index contributed by atoms with van der Waals surface area (Å²) in [5.74, 6) is 0.661. The Morgan fingerprint density at radius 1 is 1.26 bits per heavy atom. The van der Waals surface area contributed by atoms with Gasteiger partial charge < -0.3 is 19.8 Å². The highest BCUT2D eigenvalue weighted by molar-refractivity contribution is 5.53. The molecule has 1 aromatic rings. The predicted molar refractivity (Wildman–Crippen MR) is 77.7 cm³/mol. The Kier molecular flexibility index (Phi) is 6.12. The second-order valence-electron chi connectivity index (χ2n) is 5.25. The number of hydrogen-bond donors (Lipinski definition) is 2. The largest absolute Gasteiger partial charge is 0.507 e. The van der Waals surface area contributed by atoms with E-state index in [-0.39, 0.29) is 5.75 Å². The fourth-order valence-corrected chi connectivity index (χ4v) is 2.05. The fraction of sp³-hybridized carbons (Fsp3) is 0.600. The summed E-state index contributed by atoms with van der Waals surface area (Å²) in [5.41, 5.74) is 1.51. The Morgan fingerprint density at radius 2 is 1.95 bits per heavy atom. The molecular weight excluding hydrogens is 242 g/mol. The number of aliphatic hydroxyl groups excluding tert-OH is 1. The molecule has 0 spiro atoms. The lowest BCUT2D eigenvalue weighted by molar-refractivity contribution is 0.195. The third-order valence-corrected chi connectivity index (χ3v) is 2.98. The van der Waals surface area contributed by atoms with E-state index < -0.39 is 6.10 Å². The summed E-state index contributed by atoms with van der Waals surface area (Å²) in [4.78, 5) is 2.18. The summed E-state index contributed by atoms with van der Waals surface area (Å²) < 4.78 is 5.12. The Balaban J connectivity index is 2.92. The molecule has 1 aromatic carbocycles. The zero-order valence-electron chi connectivity index (χ0n) is 12.3. The minimum absolute atomic E-state index is 0.138. The maximum Gasteiger partial charge on any atom is 0.123 e. The van der Waals surface area contributed by atoms with Crippen LogP contribution in [0, 0.1) is 5.92 Å². The average Bonchev–Trinajstić information content (AvgIpc) is 2.33. The number of aliphatic hydroxyl groups is 1. The lowest BCUT2D eigenvalue weighted by atomic mass is 10.1. The molecule has 0 aliphatic rings. The summed E-state index contributed by atoms with van der Waals surface area (Å²) in [6.45, 7) is 8.28. The maximum atomic E-state index is 9.95. The van der Waals surface area contributed by atoms with Crippen LogP contribution in [0.1, 0.15) is 32.4 Å². The molecule has 4 nitrogen and oxygen atoms in total. The van der Waals surface area contributed by atoms with Crippen LogP contribution >= 0.6 is 0 Å². The van der Waals surface area contributed by atoms with Crippen LogP contribution in [0.5, 0.6) is 5.75 Å². The number of benzene rings is 1. The van der Waals surface area contributed by atoms with E-state index in [1.165, 1.54) is 0 Å². The number of methoxy groups -OCH3 is 1. The van der Waals surface area contributed by atoms with Gasteiger partial charge in [-0.3, -0.25) is 0 Å². The van der Waals surface area contributed by atoms with E-state index in [1.54, 1.807) is 26.2 Å². The van der Waals surface area contributed by atoms with Gasteiger partial charge in [0.1, 0.15) is 5.75 Å². The van der Waals surface area contributed by atoms with Crippen molar-refractivity contribution in [3.05, 3.63) is 23.8 Å². The number of aromatic hydroxyl groups is 1. The third kappa shape index (κ3) is 4.73. The lowest BCUT2D eigenvalue weighted by Gasteiger charge is -2.27. The molecule has 2 N–H and O–H groups in total. The second kappa shape index (κ2) is 7.36. The Bertz CT molecular complexity index is 391. The summed E-state index contributed by atoms with van der Waals surface area (Å²) in [5, 5.41) is 19.5. The topological polar surface area (TPSA) is 52.9 Å². The lowest BCUT2D eigenvalue weighted by Crippen LogP contribution is -2.30. The molecule has 0 aliphatic carbocycles. The molecule has 0 saturated heterocycles. The van der Waals surface area contributed by atoms with Gasteiger partial charge in [0.05, 0.1) is 12.7 Å². The van der Waals surface area contributed by atoms with Gasteiger partial charge in [-0.15, -0.1) is 0 Å². The van der Waals surface area contributed by atoms with Crippen molar-refractivity contribution in [2.24, 2.45) is 5.92 Å². The highest BCUT2D eigenvalue weighted by atomic mass is 16.5. The van der Waals surface area contributed by atoms with Gasteiger partial charge in [-0.25, -0.2) is 0 Å². The molecule has 0 heterocycles. The van der Waals surface area contributed by atoms with Crippen LogP contribution in [-0.2, 0) is 4.74 Å². The average molecular weight is 267 g/mol. The number of anilines is 1. The van der Waals surface area contributed by atoms with Crippen molar-refractivity contribution in [1.29, 1.82) is 0 Å². The second-order valence-corrected chi connectivity index (χ2v) is 5.25. The molecule has 0 bridgehead atoms. The predicted octanol–water partition coefficient (Wildman–Crippen LogP) is 2.55. The first kappa shape index (κ1) is 15.8. The van der Waals surface area contributed by atoms with E-state index in [1.807, 2.05) is 6.07 Å². The van der Waals surface area contributed by atoms with E-state index in [0.29, 0.717) is 18.1 Å². The van der Waals surface area contributed by atoms with Crippen LogP contribution in [0.3, 0.4) is 0 Å². The van der Waals surface area contributed by atoms with Crippen LogP contribution in [0.4, 0.5) is 5.69 Å². The minimum Gasteiger partial charge on any atom is -0.507 e. The Hall–Kier alpha value is -1.26. The zero-order valence-corrected chi connectivity index (χ0v) is 12.3. The van der Waals surface area contributed by atoms with Crippen molar-refractivity contribution in [3.8, 4) is 5.75 Å². The molecule has 108 valence electrons. The molecule has 0 amide bonds. The van der Waals surface area contributed by atoms with E-state index in [9.17, 15) is 10.2 Å². The highest BCUT2D eigenvalue weighted by Gasteiger charge is 2.13. The molecule has 0 radical (unpaired) electrons. The van der Waals surface area contributed by atoms with Crippen molar-refractivity contribution < 1.29 is 14.9 Å². The first-order chi connectivity index (χ1) is 8.95. The van der Waals surface area contributed by atoms with E-state index in [4.69, 9.17) is 4.74 Å². The van der Waals surface area contributed by atoms with Crippen LogP contribution in [-0.4, -0.2) is 37.0 Å². The summed E-state index contributed by atoms with van der Waals surface area (Å²) >= 11 is 0. The van der Waals surface area contributed by atoms with Crippen LogP contribution in [0.2, 0.25) is 0 Å². The Morgan fingerprint density at radius 3 is 2.42 bits per heavy atom. The van der Waals surface area contributed by atoms with Crippen LogP contribution in [0.25, 0.3) is 0 Å². The van der Waals surface area contributed by atoms with Gasteiger partial charge in [-0.1, -0.05) is 19.9 Å². The molecule has 1 atom stereocenters. The smallest absolute Gasteiger partial charge is 0.123 e. The number of hydrogen-bond acceptors (Lipinski definition) is 4. The first-order valence-corrected chi connectivity index (χ1v) is 6.70. The van der Waals surface area contributed by atoms with Crippen molar-refractivity contribution >= 4 is 5.69 Å². The highest BCUT2D eigenvalue weighted by Crippen LogP contribution is 2.29. The summed E-state index contributed by atoms with van der Waals surface area (Å²) in [7, 11) is 1.68. The normalized spacial score (nSPS) is 12.7. The van der Waals surface area contributed by atoms with Crippen molar-refractivity contribution in [2.75, 3.05) is 31.7 Å². The van der Waals surface area contributed by atoms with Crippen molar-refractivity contribution in [3.63, 3.8) is 0 Å². The zero-order chi connectivity index (χ0) is 14.4. The standard InChI is InChI=1S/C15H25NO3/c1-11(2)10-16(7-8-19-4)13-5-6-14(12(3)17)15(18)9-13/h5-6,9,11-12,17-18H,7-8,10H2,1-4H3. The van der Waals surface area contributed by atoms with Crippen LogP contribution < -0.4 is 4.90 Å². The van der Waals surface area contributed by atoms with Crippen molar-refractivity contribution in [2.45, 2.75) is 26.9 Å². The molecule has 0 saturated carbocycles. The van der Waals surface area contributed by atoms with Crippen LogP contribution in [0.15, 0.2) is 18.2 Å². The first-order valence-electron chi connectivity index (χ1n) is 6.70. The van der Waals surface area contributed by atoms with Gasteiger partial charge >= 0.3 is 0 Å². The van der Waals surface area contributed by atoms with Gasteiger partial charge in [0, 0.05) is 37.5 Å². The van der Waals surface area contributed by atoms with E-state index in [0.717, 1.165) is 18.8 Å². The molecule has 0 fully saturated rings. The quantitative estimate of drug-likeness (QED) is 0.797. The molecule has 4 heteroatoms. The third-order valence-electron chi connectivity index (χ3n) is 2.98. The van der Waals surface area contributed by atoms with Gasteiger partial charge in [0.15, 0.2) is 0 Å². The number of ether oxygens (including phenoxy) is 1. The summed E-state index contributed by atoms with van der Waals surface area (Å²) in [6, 6.07) is 5.41.